The second-order valence-corrected chi connectivity index (χ2v) is 7.49. The minimum absolute atomic E-state index is 0.0168. The monoisotopic (exact) mass is 345 g/mol. The molecule has 0 saturated carbocycles. The molecule has 138 valence electrons. The van der Waals surface area contributed by atoms with E-state index >= 15 is 0 Å². The lowest BCUT2D eigenvalue weighted by Gasteiger charge is -2.33. The lowest BCUT2D eigenvalue weighted by molar-refractivity contribution is -0.116. The number of rotatable bonds is 6. The highest BCUT2D eigenvalue weighted by Crippen LogP contribution is 2.21. The lowest BCUT2D eigenvalue weighted by atomic mass is 9.97. The van der Waals surface area contributed by atoms with E-state index in [-0.39, 0.29) is 11.8 Å². The molecular formula is C20H31N3O2. The van der Waals surface area contributed by atoms with Gasteiger partial charge in [0, 0.05) is 30.8 Å². The number of piperidine rings is 1. The normalized spacial score (nSPS) is 17.6. The number of anilines is 1. The average Bonchev–Trinajstić information content (AvgIpc) is 2.56. The molecule has 2 amide bonds. The third-order valence-corrected chi connectivity index (χ3v) is 4.64. The Balaban J connectivity index is 2.03. The molecule has 0 aliphatic carbocycles. The number of aryl methyl sites for hydroxylation is 1. The summed E-state index contributed by atoms with van der Waals surface area (Å²) in [5, 5.41) is 6.15. The fourth-order valence-electron chi connectivity index (χ4n) is 3.40. The van der Waals surface area contributed by atoms with Gasteiger partial charge in [-0.3, -0.25) is 9.59 Å². The first-order chi connectivity index (χ1) is 11.9. The Morgan fingerprint density at radius 3 is 2.72 bits per heavy atom. The Morgan fingerprint density at radius 1 is 1.32 bits per heavy atom. The van der Waals surface area contributed by atoms with Gasteiger partial charge in [0.25, 0.3) is 5.91 Å². The molecule has 1 aromatic rings. The molecule has 1 saturated heterocycles. The topological polar surface area (TPSA) is 61.4 Å². The minimum atomic E-state index is 0.0168. The predicted molar refractivity (Wildman–Crippen MR) is 102 cm³/mol. The molecule has 25 heavy (non-hydrogen) atoms. The van der Waals surface area contributed by atoms with Gasteiger partial charge in [-0.1, -0.05) is 13.8 Å². The van der Waals surface area contributed by atoms with Crippen LogP contribution >= 0.6 is 0 Å². The van der Waals surface area contributed by atoms with Gasteiger partial charge in [0.1, 0.15) is 0 Å². The summed E-state index contributed by atoms with van der Waals surface area (Å²) >= 11 is 0. The molecule has 1 fully saturated rings. The molecular weight excluding hydrogens is 314 g/mol. The second-order valence-electron chi connectivity index (χ2n) is 7.49. The van der Waals surface area contributed by atoms with Crippen LogP contribution in [0.15, 0.2) is 18.2 Å². The van der Waals surface area contributed by atoms with Crippen LogP contribution in [-0.4, -0.2) is 43.4 Å². The van der Waals surface area contributed by atoms with Crippen molar-refractivity contribution in [3.05, 3.63) is 29.3 Å². The molecule has 0 bridgehead atoms. The number of amides is 2. The smallest absolute Gasteiger partial charge is 0.253 e. The highest BCUT2D eigenvalue weighted by molar-refractivity contribution is 5.96. The number of carbonyl (C=O) groups excluding carboxylic acids is 2. The van der Waals surface area contributed by atoms with E-state index in [4.69, 9.17) is 0 Å². The lowest BCUT2D eigenvalue weighted by Crippen LogP contribution is -2.42. The molecule has 0 radical (unpaired) electrons. The third-order valence-electron chi connectivity index (χ3n) is 4.64. The standard InChI is InChI=1S/C20H31N3O2/c1-14(2)10-19(24)22-18-8-7-17(11-15(18)3)20(25)23-9-5-6-16(13-23)12-21-4/h7-8,11,14,16,21H,5-6,9-10,12-13H2,1-4H3,(H,22,24). The van der Waals surface area contributed by atoms with Crippen LogP contribution in [-0.2, 0) is 4.79 Å². The summed E-state index contributed by atoms with van der Waals surface area (Å²) in [5.74, 6) is 0.955. The van der Waals surface area contributed by atoms with Crippen LogP contribution in [0.2, 0.25) is 0 Å². The van der Waals surface area contributed by atoms with Crippen LogP contribution in [0.3, 0.4) is 0 Å². The van der Waals surface area contributed by atoms with Crippen molar-refractivity contribution < 1.29 is 9.59 Å². The van der Waals surface area contributed by atoms with Crippen molar-refractivity contribution in [1.29, 1.82) is 0 Å². The maximum atomic E-state index is 12.8. The number of benzene rings is 1. The van der Waals surface area contributed by atoms with Crippen molar-refractivity contribution in [2.45, 2.75) is 40.0 Å². The van der Waals surface area contributed by atoms with Gasteiger partial charge >= 0.3 is 0 Å². The summed E-state index contributed by atoms with van der Waals surface area (Å²) in [6, 6.07) is 5.55. The number of carbonyl (C=O) groups is 2. The Morgan fingerprint density at radius 2 is 2.08 bits per heavy atom. The second kappa shape index (κ2) is 8.99. The Bertz CT molecular complexity index is 611. The quantitative estimate of drug-likeness (QED) is 0.833. The first-order valence-corrected chi connectivity index (χ1v) is 9.25. The molecule has 1 aliphatic heterocycles. The van der Waals surface area contributed by atoms with E-state index in [2.05, 4.69) is 10.6 Å². The van der Waals surface area contributed by atoms with E-state index in [1.165, 1.54) is 6.42 Å². The molecule has 0 aromatic heterocycles. The summed E-state index contributed by atoms with van der Waals surface area (Å²) in [5.41, 5.74) is 2.41. The van der Waals surface area contributed by atoms with Crippen molar-refractivity contribution in [2.75, 3.05) is 32.0 Å². The molecule has 2 rings (SSSR count). The molecule has 5 heteroatoms. The molecule has 1 heterocycles. The summed E-state index contributed by atoms with van der Waals surface area (Å²) in [4.78, 5) is 26.7. The third kappa shape index (κ3) is 5.56. The van der Waals surface area contributed by atoms with Gasteiger partial charge in [0.2, 0.25) is 5.91 Å². The average molecular weight is 345 g/mol. The maximum Gasteiger partial charge on any atom is 0.253 e. The van der Waals surface area contributed by atoms with Gasteiger partial charge < -0.3 is 15.5 Å². The highest BCUT2D eigenvalue weighted by Gasteiger charge is 2.24. The van der Waals surface area contributed by atoms with Crippen LogP contribution in [0.25, 0.3) is 0 Å². The molecule has 0 spiro atoms. The number of nitrogens with zero attached hydrogens (tertiary/aromatic N) is 1. The minimum Gasteiger partial charge on any atom is -0.338 e. The van der Waals surface area contributed by atoms with Gasteiger partial charge in [-0.15, -0.1) is 0 Å². The molecule has 1 unspecified atom stereocenters. The Hall–Kier alpha value is -1.88. The van der Waals surface area contributed by atoms with Crippen molar-refractivity contribution in [3.63, 3.8) is 0 Å². The van der Waals surface area contributed by atoms with Crippen LogP contribution in [0.5, 0.6) is 0 Å². The van der Waals surface area contributed by atoms with Crippen molar-refractivity contribution >= 4 is 17.5 Å². The molecule has 1 atom stereocenters. The van der Waals surface area contributed by atoms with Crippen molar-refractivity contribution in [3.8, 4) is 0 Å². The van der Waals surface area contributed by atoms with Gasteiger partial charge in [-0.2, -0.15) is 0 Å². The van der Waals surface area contributed by atoms with E-state index in [1.807, 2.05) is 50.9 Å². The first-order valence-electron chi connectivity index (χ1n) is 9.25. The zero-order chi connectivity index (χ0) is 18.4. The van der Waals surface area contributed by atoms with Crippen LogP contribution < -0.4 is 10.6 Å². The van der Waals surface area contributed by atoms with Crippen LogP contribution in [0.4, 0.5) is 5.69 Å². The van der Waals surface area contributed by atoms with Gasteiger partial charge in [-0.05, 0) is 69.0 Å². The zero-order valence-electron chi connectivity index (χ0n) is 15.9. The zero-order valence-corrected chi connectivity index (χ0v) is 15.9. The predicted octanol–water partition coefficient (Wildman–Crippen LogP) is 3.05. The van der Waals surface area contributed by atoms with E-state index in [0.29, 0.717) is 23.8 Å². The molecule has 1 aromatic carbocycles. The van der Waals surface area contributed by atoms with Gasteiger partial charge in [0.05, 0.1) is 0 Å². The largest absolute Gasteiger partial charge is 0.338 e. The van der Waals surface area contributed by atoms with E-state index in [0.717, 1.165) is 37.3 Å². The number of likely N-dealkylation sites (tertiary alicyclic amines) is 1. The van der Waals surface area contributed by atoms with Gasteiger partial charge in [-0.25, -0.2) is 0 Å². The van der Waals surface area contributed by atoms with E-state index in [1.54, 1.807) is 0 Å². The Labute approximate surface area is 151 Å². The summed E-state index contributed by atoms with van der Waals surface area (Å²) in [7, 11) is 1.95. The van der Waals surface area contributed by atoms with Crippen molar-refractivity contribution in [2.24, 2.45) is 11.8 Å². The highest BCUT2D eigenvalue weighted by atomic mass is 16.2. The summed E-state index contributed by atoms with van der Waals surface area (Å²) in [6.07, 6.45) is 2.73. The van der Waals surface area contributed by atoms with Crippen LogP contribution in [0.1, 0.15) is 49.0 Å². The molecule has 2 N–H and O–H groups in total. The number of nitrogens with one attached hydrogen (secondary N) is 2. The molecule has 5 nitrogen and oxygen atoms in total. The number of hydrogen-bond donors (Lipinski definition) is 2. The Kier molecular flexibility index (Phi) is 7.00. The summed E-state index contributed by atoms with van der Waals surface area (Å²) < 4.78 is 0. The first kappa shape index (κ1) is 19.4. The van der Waals surface area contributed by atoms with E-state index in [9.17, 15) is 9.59 Å². The SMILES string of the molecule is CNCC1CCCN(C(=O)c2ccc(NC(=O)CC(C)C)c(C)c2)C1. The fraction of sp³-hybridized carbons (Fsp3) is 0.600. The fourth-order valence-corrected chi connectivity index (χ4v) is 3.40. The molecule has 1 aliphatic rings. The van der Waals surface area contributed by atoms with E-state index < -0.39 is 0 Å². The van der Waals surface area contributed by atoms with Crippen molar-refractivity contribution in [1.82, 2.24) is 10.2 Å². The maximum absolute atomic E-state index is 12.8. The number of hydrogen-bond acceptors (Lipinski definition) is 3. The summed E-state index contributed by atoms with van der Waals surface area (Å²) in [6.45, 7) is 8.56. The van der Waals surface area contributed by atoms with Crippen LogP contribution in [0, 0.1) is 18.8 Å². The van der Waals surface area contributed by atoms with Gasteiger partial charge in [0.15, 0.2) is 0 Å².